The summed E-state index contributed by atoms with van der Waals surface area (Å²) in [6, 6.07) is 4.76. The number of carbonyl (C=O) groups excluding carboxylic acids is 1. The zero-order valence-electron chi connectivity index (χ0n) is 11.5. The lowest BCUT2D eigenvalue weighted by Gasteiger charge is -2.29. The second-order valence-corrected chi connectivity index (χ2v) is 6.02. The van der Waals surface area contributed by atoms with Crippen LogP contribution in [-0.4, -0.2) is 47.6 Å². The largest absolute Gasteiger partial charge is 0.478 e. The van der Waals surface area contributed by atoms with E-state index in [9.17, 15) is 9.59 Å². The number of hydrogen-bond acceptors (Lipinski definition) is 4. The van der Waals surface area contributed by atoms with E-state index in [1.54, 1.807) is 6.07 Å². The van der Waals surface area contributed by atoms with Crippen LogP contribution in [-0.2, 0) is 4.79 Å². The third kappa shape index (κ3) is 4.52. The van der Waals surface area contributed by atoms with Crippen LogP contribution in [0.1, 0.15) is 23.2 Å². The molecule has 2 rings (SSSR count). The highest BCUT2D eigenvalue weighted by Crippen LogP contribution is 2.23. The number of anilines is 1. The van der Waals surface area contributed by atoms with Gasteiger partial charge in [-0.3, -0.25) is 9.69 Å². The fourth-order valence-corrected chi connectivity index (χ4v) is 2.60. The number of benzene rings is 1. The lowest BCUT2D eigenvalue weighted by molar-refractivity contribution is -0.117. The van der Waals surface area contributed by atoms with Gasteiger partial charge in [-0.05, 0) is 47.0 Å². The van der Waals surface area contributed by atoms with Gasteiger partial charge in [-0.2, -0.15) is 0 Å². The molecule has 7 heteroatoms. The Morgan fingerprint density at radius 1 is 1.38 bits per heavy atom. The monoisotopic (exact) mass is 355 g/mol. The van der Waals surface area contributed by atoms with Crippen LogP contribution >= 0.6 is 15.9 Å². The average molecular weight is 356 g/mol. The van der Waals surface area contributed by atoms with E-state index in [0.717, 1.165) is 25.9 Å². The Hall–Kier alpha value is -1.44. The maximum atomic E-state index is 12.0. The van der Waals surface area contributed by atoms with E-state index < -0.39 is 5.97 Å². The molecule has 114 valence electrons. The van der Waals surface area contributed by atoms with Crippen molar-refractivity contribution in [1.82, 2.24) is 4.90 Å². The summed E-state index contributed by atoms with van der Waals surface area (Å²) in [5.41, 5.74) is 6.43. The molecule has 1 amide bonds. The molecule has 0 saturated carbocycles. The van der Waals surface area contributed by atoms with Crippen molar-refractivity contribution in [3.8, 4) is 0 Å². The average Bonchev–Trinajstić information content (AvgIpc) is 2.43. The number of halogens is 1. The lowest BCUT2D eigenvalue weighted by Crippen LogP contribution is -2.43. The van der Waals surface area contributed by atoms with Crippen LogP contribution in [0.15, 0.2) is 22.7 Å². The van der Waals surface area contributed by atoms with E-state index in [4.69, 9.17) is 10.8 Å². The van der Waals surface area contributed by atoms with Crippen molar-refractivity contribution in [2.24, 2.45) is 5.73 Å². The molecule has 1 fully saturated rings. The standard InChI is InChI=1S/C14H18BrN3O3/c15-11-2-1-9(14(20)21)7-12(11)17-13(19)8-18-5-3-10(16)4-6-18/h1-2,7,10H,3-6,8,16H2,(H,17,19)(H,20,21). The van der Waals surface area contributed by atoms with Crippen LogP contribution in [0.4, 0.5) is 5.69 Å². The van der Waals surface area contributed by atoms with E-state index in [0.29, 0.717) is 10.2 Å². The molecule has 0 radical (unpaired) electrons. The number of carbonyl (C=O) groups is 2. The molecule has 1 aliphatic heterocycles. The summed E-state index contributed by atoms with van der Waals surface area (Å²) < 4.78 is 0.654. The van der Waals surface area contributed by atoms with Gasteiger partial charge in [0.15, 0.2) is 0 Å². The number of hydrogen-bond donors (Lipinski definition) is 3. The Labute approximate surface area is 131 Å². The van der Waals surface area contributed by atoms with E-state index >= 15 is 0 Å². The highest BCUT2D eigenvalue weighted by molar-refractivity contribution is 9.10. The second kappa shape index (κ2) is 7.02. The zero-order chi connectivity index (χ0) is 15.4. The summed E-state index contributed by atoms with van der Waals surface area (Å²) in [5, 5.41) is 11.7. The quantitative estimate of drug-likeness (QED) is 0.760. The van der Waals surface area contributed by atoms with Crippen molar-refractivity contribution in [3.05, 3.63) is 28.2 Å². The molecular formula is C14H18BrN3O3. The van der Waals surface area contributed by atoms with Crippen molar-refractivity contribution in [2.45, 2.75) is 18.9 Å². The summed E-state index contributed by atoms with van der Waals surface area (Å²) >= 11 is 3.30. The molecule has 0 aromatic heterocycles. The molecule has 21 heavy (non-hydrogen) atoms. The van der Waals surface area contributed by atoms with E-state index in [1.165, 1.54) is 12.1 Å². The van der Waals surface area contributed by atoms with Crippen molar-refractivity contribution in [2.75, 3.05) is 25.0 Å². The minimum absolute atomic E-state index is 0.137. The highest BCUT2D eigenvalue weighted by Gasteiger charge is 2.18. The van der Waals surface area contributed by atoms with E-state index in [-0.39, 0.29) is 24.1 Å². The first-order valence-electron chi connectivity index (χ1n) is 6.76. The molecule has 1 aromatic carbocycles. The third-order valence-corrected chi connectivity index (χ3v) is 4.18. The number of amides is 1. The van der Waals surface area contributed by atoms with Gasteiger partial charge in [0.05, 0.1) is 17.8 Å². The molecule has 0 unspecified atom stereocenters. The van der Waals surface area contributed by atoms with Crippen LogP contribution in [0, 0.1) is 0 Å². The minimum Gasteiger partial charge on any atom is -0.478 e. The molecule has 0 aliphatic carbocycles. The predicted molar refractivity (Wildman–Crippen MR) is 83.4 cm³/mol. The van der Waals surface area contributed by atoms with Gasteiger partial charge >= 0.3 is 5.97 Å². The van der Waals surface area contributed by atoms with Crippen molar-refractivity contribution >= 4 is 33.5 Å². The molecule has 6 nitrogen and oxygen atoms in total. The molecule has 0 bridgehead atoms. The van der Waals surface area contributed by atoms with Crippen LogP contribution in [0.2, 0.25) is 0 Å². The Morgan fingerprint density at radius 3 is 2.67 bits per heavy atom. The fraction of sp³-hybridized carbons (Fsp3) is 0.429. The number of carboxylic acids is 1. The van der Waals surface area contributed by atoms with Gasteiger partial charge in [-0.1, -0.05) is 0 Å². The van der Waals surface area contributed by atoms with Gasteiger partial charge in [-0.15, -0.1) is 0 Å². The van der Waals surface area contributed by atoms with Crippen LogP contribution < -0.4 is 11.1 Å². The minimum atomic E-state index is -1.02. The summed E-state index contributed by atoms with van der Waals surface area (Å²) in [6.45, 7) is 1.91. The smallest absolute Gasteiger partial charge is 0.335 e. The van der Waals surface area contributed by atoms with Gasteiger partial charge < -0.3 is 16.2 Å². The number of nitrogens with zero attached hydrogens (tertiary/aromatic N) is 1. The first-order chi connectivity index (χ1) is 9.95. The fourth-order valence-electron chi connectivity index (χ4n) is 2.26. The van der Waals surface area contributed by atoms with Gasteiger partial charge in [-0.25, -0.2) is 4.79 Å². The van der Waals surface area contributed by atoms with Gasteiger partial charge in [0, 0.05) is 23.6 Å². The molecule has 0 atom stereocenters. The number of piperidine rings is 1. The number of likely N-dealkylation sites (tertiary alicyclic amines) is 1. The molecule has 1 aliphatic rings. The van der Waals surface area contributed by atoms with Gasteiger partial charge in [0.25, 0.3) is 0 Å². The molecule has 1 aromatic rings. The summed E-state index contributed by atoms with van der Waals surface area (Å²) in [5.74, 6) is -1.18. The normalized spacial score (nSPS) is 16.7. The number of rotatable bonds is 4. The van der Waals surface area contributed by atoms with E-state index in [1.807, 2.05) is 4.90 Å². The Morgan fingerprint density at radius 2 is 2.05 bits per heavy atom. The lowest BCUT2D eigenvalue weighted by atomic mass is 10.1. The maximum Gasteiger partial charge on any atom is 0.335 e. The van der Waals surface area contributed by atoms with Gasteiger partial charge in [0.1, 0.15) is 0 Å². The molecular weight excluding hydrogens is 338 g/mol. The van der Waals surface area contributed by atoms with Crippen molar-refractivity contribution in [3.63, 3.8) is 0 Å². The maximum absolute atomic E-state index is 12.0. The Kier molecular flexibility index (Phi) is 5.33. The van der Waals surface area contributed by atoms with Crippen molar-refractivity contribution in [1.29, 1.82) is 0 Å². The Balaban J connectivity index is 1.96. The number of nitrogens with one attached hydrogen (secondary N) is 1. The predicted octanol–water partition coefficient (Wildman–Crippen LogP) is 1.51. The first-order valence-corrected chi connectivity index (χ1v) is 7.55. The molecule has 1 heterocycles. The third-order valence-electron chi connectivity index (χ3n) is 3.49. The first kappa shape index (κ1) is 15.9. The topological polar surface area (TPSA) is 95.7 Å². The van der Waals surface area contributed by atoms with Crippen LogP contribution in [0.5, 0.6) is 0 Å². The summed E-state index contributed by atoms with van der Waals surface area (Å²) in [4.78, 5) is 25.0. The second-order valence-electron chi connectivity index (χ2n) is 5.16. The zero-order valence-corrected chi connectivity index (χ0v) is 13.1. The SMILES string of the molecule is NC1CCN(CC(=O)Nc2cc(C(=O)O)ccc2Br)CC1. The Bertz CT molecular complexity index is 542. The summed E-state index contributed by atoms with van der Waals surface area (Å²) in [7, 11) is 0. The molecule has 4 N–H and O–H groups in total. The van der Waals surface area contributed by atoms with Crippen LogP contribution in [0.25, 0.3) is 0 Å². The number of aromatic carboxylic acids is 1. The number of nitrogens with two attached hydrogens (primary N) is 1. The van der Waals surface area contributed by atoms with Crippen LogP contribution in [0.3, 0.4) is 0 Å². The van der Waals surface area contributed by atoms with Gasteiger partial charge in [0.2, 0.25) is 5.91 Å². The molecule has 1 saturated heterocycles. The van der Waals surface area contributed by atoms with Crippen molar-refractivity contribution < 1.29 is 14.7 Å². The molecule has 0 spiro atoms. The van der Waals surface area contributed by atoms with E-state index in [2.05, 4.69) is 21.2 Å². The summed E-state index contributed by atoms with van der Waals surface area (Å²) in [6.07, 6.45) is 1.79. The highest BCUT2D eigenvalue weighted by atomic mass is 79.9. The number of carboxylic acid groups (broad SMARTS) is 1.